The van der Waals surface area contributed by atoms with Crippen molar-refractivity contribution in [1.82, 2.24) is 20.4 Å². The molecule has 2 aromatic rings. The third kappa shape index (κ3) is 5.47. The van der Waals surface area contributed by atoms with Gasteiger partial charge >= 0.3 is 12.0 Å². The zero-order chi connectivity index (χ0) is 28.9. The molecule has 1 unspecified atom stereocenters. The number of anilines is 1. The Balaban J connectivity index is 1.39. The van der Waals surface area contributed by atoms with Gasteiger partial charge in [0.05, 0.1) is 27.4 Å². The Morgan fingerprint density at radius 2 is 1.62 bits per heavy atom. The Kier molecular flexibility index (Phi) is 8.66. The number of piperidine rings is 1. The van der Waals surface area contributed by atoms with E-state index in [1.165, 1.54) is 14.2 Å². The second-order valence-corrected chi connectivity index (χ2v) is 9.67. The smallest absolute Gasteiger partial charge is 0.328 e. The van der Waals surface area contributed by atoms with E-state index in [0.29, 0.717) is 39.1 Å². The van der Waals surface area contributed by atoms with E-state index in [0.717, 1.165) is 5.69 Å². The maximum absolute atomic E-state index is 13.4. The van der Waals surface area contributed by atoms with Gasteiger partial charge in [0.2, 0.25) is 5.91 Å². The zero-order valence-electron chi connectivity index (χ0n) is 22.9. The van der Waals surface area contributed by atoms with Crippen LogP contribution in [0.5, 0.6) is 11.5 Å². The van der Waals surface area contributed by atoms with Crippen LogP contribution >= 0.6 is 0 Å². The standard InChI is InChI=1S/C28H35N5O7/c1-4-31-18-33(19-9-6-5-7-10-19)28(26(31)37)13-15-32(16-14-28)27(38)29-17-20(25(35)36)30-24(34)23-21(39-2)11-8-12-22(23)40-3/h5-12,20H,4,13-18H2,1-3H3,(H,29,38)(H,30,34)(H,35,36). The molecule has 0 saturated carbocycles. The summed E-state index contributed by atoms with van der Waals surface area (Å²) in [5.41, 5.74) is 0.271. The van der Waals surface area contributed by atoms with Gasteiger partial charge in [-0.25, -0.2) is 9.59 Å². The molecular weight excluding hydrogens is 518 g/mol. The van der Waals surface area contributed by atoms with Crippen LogP contribution in [0.3, 0.4) is 0 Å². The number of rotatable bonds is 9. The van der Waals surface area contributed by atoms with Crippen molar-refractivity contribution in [1.29, 1.82) is 0 Å². The number of nitrogens with zero attached hydrogens (tertiary/aromatic N) is 3. The van der Waals surface area contributed by atoms with Gasteiger partial charge in [-0.3, -0.25) is 9.59 Å². The first-order valence-corrected chi connectivity index (χ1v) is 13.1. The Bertz CT molecular complexity index is 1220. The fourth-order valence-corrected chi connectivity index (χ4v) is 5.33. The first kappa shape index (κ1) is 28.5. The number of likely N-dealkylation sites (tertiary alicyclic amines) is 1. The van der Waals surface area contributed by atoms with Crippen LogP contribution in [0.2, 0.25) is 0 Å². The number of carbonyl (C=O) groups is 4. The lowest BCUT2D eigenvalue weighted by Crippen LogP contribution is -2.59. The lowest BCUT2D eigenvalue weighted by atomic mass is 9.85. The van der Waals surface area contributed by atoms with Gasteiger partial charge in [-0.15, -0.1) is 0 Å². The number of aliphatic carboxylic acids is 1. The highest BCUT2D eigenvalue weighted by Crippen LogP contribution is 2.39. The first-order valence-electron chi connectivity index (χ1n) is 13.1. The van der Waals surface area contributed by atoms with Crippen molar-refractivity contribution in [3.05, 3.63) is 54.1 Å². The maximum Gasteiger partial charge on any atom is 0.328 e. The number of hydrogen-bond acceptors (Lipinski definition) is 7. The monoisotopic (exact) mass is 553 g/mol. The number of hydrogen-bond donors (Lipinski definition) is 3. The molecule has 3 N–H and O–H groups in total. The summed E-state index contributed by atoms with van der Waals surface area (Å²) in [5, 5.41) is 14.8. The van der Waals surface area contributed by atoms with Crippen molar-refractivity contribution >= 4 is 29.5 Å². The number of methoxy groups -OCH3 is 2. The maximum atomic E-state index is 13.4. The molecule has 1 spiro atoms. The van der Waals surface area contributed by atoms with Crippen LogP contribution in [-0.2, 0) is 9.59 Å². The number of likely N-dealkylation sites (N-methyl/N-ethyl adjacent to an activating group) is 1. The van der Waals surface area contributed by atoms with E-state index in [9.17, 15) is 24.3 Å². The Hall–Kier alpha value is -4.48. The fourth-order valence-electron chi connectivity index (χ4n) is 5.33. The van der Waals surface area contributed by atoms with E-state index in [1.807, 2.05) is 42.2 Å². The van der Waals surface area contributed by atoms with Crippen LogP contribution in [0.4, 0.5) is 10.5 Å². The Labute approximate surface area is 232 Å². The number of urea groups is 1. The lowest BCUT2D eigenvalue weighted by Gasteiger charge is -2.43. The molecule has 0 aromatic heterocycles. The number of carboxylic acids is 1. The molecule has 2 fully saturated rings. The van der Waals surface area contributed by atoms with Gasteiger partial charge in [0, 0.05) is 25.3 Å². The Morgan fingerprint density at radius 1 is 1.00 bits per heavy atom. The largest absolute Gasteiger partial charge is 0.496 e. The van der Waals surface area contributed by atoms with Crippen LogP contribution < -0.4 is 25.0 Å². The first-order chi connectivity index (χ1) is 19.2. The molecule has 2 heterocycles. The molecule has 40 heavy (non-hydrogen) atoms. The van der Waals surface area contributed by atoms with Crippen LogP contribution in [-0.4, -0.2) is 97.4 Å². The molecule has 2 aliphatic rings. The van der Waals surface area contributed by atoms with E-state index < -0.39 is 29.5 Å². The van der Waals surface area contributed by atoms with Crippen LogP contribution in [0, 0.1) is 0 Å². The lowest BCUT2D eigenvalue weighted by molar-refractivity contribution is -0.139. The SMILES string of the molecule is CCN1CN(c2ccccc2)C2(CCN(C(=O)NCC(NC(=O)c3c(OC)cccc3OC)C(=O)O)CC2)C1=O. The summed E-state index contributed by atoms with van der Waals surface area (Å²) in [6.07, 6.45) is 0.884. The molecule has 214 valence electrons. The van der Waals surface area contributed by atoms with Crippen molar-refractivity contribution in [3.63, 3.8) is 0 Å². The number of carbonyl (C=O) groups excluding carboxylic acids is 3. The normalized spacial score (nSPS) is 17.0. The molecule has 0 aliphatic carbocycles. The highest BCUT2D eigenvalue weighted by atomic mass is 16.5. The van der Waals surface area contributed by atoms with E-state index in [-0.39, 0.29) is 29.5 Å². The quantitative estimate of drug-likeness (QED) is 0.427. The number of carboxylic acid groups (broad SMARTS) is 1. The average molecular weight is 554 g/mol. The van der Waals surface area contributed by atoms with E-state index in [4.69, 9.17) is 9.47 Å². The zero-order valence-corrected chi connectivity index (χ0v) is 22.9. The minimum absolute atomic E-state index is 0.0525. The van der Waals surface area contributed by atoms with Gasteiger partial charge < -0.3 is 39.9 Å². The molecule has 4 amide bonds. The summed E-state index contributed by atoms with van der Waals surface area (Å²) in [5.74, 6) is -1.52. The molecule has 12 nitrogen and oxygen atoms in total. The summed E-state index contributed by atoms with van der Waals surface area (Å²) < 4.78 is 10.5. The van der Waals surface area contributed by atoms with Crippen LogP contribution in [0.15, 0.2) is 48.5 Å². The van der Waals surface area contributed by atoms with Crippen LogP contribution in [0.25, 0.3) is 0 Å². The Morgan fingerprint density at radius 3 is 2.17 bits per heavy atom. The second-order valence-electron chi connectivity index (χ2n) is 9.67. The molecule has 0 radical (unpaired) electrons. The van der Waals surface area contributed by atoms with E-state index in [1.54, 1.807) is 23.1 Å². The number of benzene rings is 2. The highest BCUT2D eigenvalue weighted by molar-refractivity contribution is 6.01. The minimum Gasteiger partial charge on any atom is -0.496 e. The highest BCUT2D eigenvalue weighted by Gasteiger charge is 2.53. The van der Waals surface area contributed by atoms with Crippen molar-refractivity contribution in [2.24, 2.45) is 0 Å². The second kappa shape index (κ2) is 12.1. The van der Waals surface area contributed by atoms with Crippen molar-refractivity contribution in [3.8, 4) is 11.5 Å². The van der Waals surface area contributed by atoms with E-state index >= 15 is 0 Å². The van der Waals surface area contributed by atoms with Gasteiger partial charge in [0.1, 0.15) is 28.6 Å². The molecule has 4 rings (SSSR count). The number of amides is 4. The molecule has 2 aromatic carbocycles. The van der Waals surface area contributed by atoms with Gasteiger partial charge in [-0.05, 0) is 44.0 Å². The molecule has 1 atom stereocenters. The number of ether oxygens (including phenoxy) is 2. The molecule has 12 heteroatoms. The molecule has 0 bridgehead atoms. The minimum atomic E-state index is -1.40. The molecule has 2 saturated heterocycles. The average Bonchev–Trinajstić information content (AvgIpc) is 3.25. The van der Waals surface area contributed by atoms with Crippen molar-refractivity contribution in [2.45, 2.75) is 31.3 Å². The summed E-state index contributed by atoms with van der Waals surface area (Å²) in [6.45, 7) is 3.34. The molecule has 2 aliphatic heterocycles. The van der Waals surface area contributed by atoms with Gasteiger partial charge in [0.25, 0.3) is 5.91 Å². The summed E-state index contributed by atoms with van der Waals surface area (Å²) in [4.78, 5) is 56.8. The predicted molar refractivity (Wildman–Crippen MR) is 147 cm³/mol. The summed E-state index contributed by atoms with van der Waals surface area (Å²) >= 11 is 0. The van der Waals surface area contributed by atoms with Gasteiger partial charge in [-0.1, -0.05) is 24.3 Å². The fraction of sp³-hybridized carbons (Fsp3) is 0.429. The number of para-hydroxylation sites is 1. The molecular formula is C28H35N5O7. The summed E-state index contributed by atoms with van der Waals surface area (Å²) in [6, 6.07) is 12.7. The van der Waals surface area contributed by atoms with E-state index in [2.05, 4.69) is 15.5 Å². The predicted octanol–water partition coefficient (Wildman–Crippen LogP) is 1.76. The number of nitrogens with one attached hydrogen (secondary N) is 2. The van der Waals surface area contributed by atoms with Gasteiger partial charge in [0.15, 0.2) is 0 Å². The topological polar surface area (TPSA) is 141 Å². The van der Waals surface area contributed by atoms with Crippen LogP contribution in [0.1, 0.15) is 30.1 Å². The summed E-state index contributed by atoms with van der Waals surface area (Å²) in [7, 11) is 2.78. The third-order valence-corrected chi connectivity index (χ3v) is 7.56. The van der Waals surface area contributed by atoms with Crippen molar-refractivity contribution in [2.75, 3.05) is 52.0 Å². The van der Waals surface area contributed by atoms with Gasteiger partial charge in [-0.2, -0.15) is 0 Å². The van der Waals surface area contributed by atoms with Crippen molar-refractivity contribution < 1.29 is 33.8 Å². The third-order valence-electron chi connectivity index (χ3n) is 7.56.